The van der Waals surface area contributed by atoms with Crippen molar-refractivity contribution in [2.24, 2.45) is 7.05 Å². The first-order valence-electron chi connectivity index (χ1n) is 7.60. The largest absolute Gasteiger partial charge is 0.334 e. The molecule has 4 rings (SSSR count). The summed E-state index contributed by atoms with van der Waals surface area (Å²) in [4.78, 5) is 20.6. The summed E-state index contributed by atoms with van der Waals surface area (Å²) in [6, 6.07) is 11.3. The Bertz CT molecular complexity index is 1160. The van der Waals surface area contributed by atoms with E-state index >= 15 is 0 Å². The van der Waals surface area contributed by atoms with Gasteiger partial charge in [0.25, 0.3) is 11.4 Å². The van der Waals surface area contributed by atoms with Gasteiger partial charge in [-0.05, 0) is 43.3 Å². The van der Waals surface area contributed by atoms with Crippen LogP contribution in [0.5, 0.6) is 0 Å². The minimum Gasteiger partial charge on any atom is -0.334 e. The molecule has 0 saturated carbocycles. The highest BCUT2D eigenvalue weighted by molar-refractivity contribution is 5.80. The van der Waals surface area contributed by atoms with Crippen molar-refractivity contribution in [2.75, 3.05) is 0 Å². The minimum atomic E-state index is -0.372. The Balaban J connectivity index is 1.80. The molecule has 0 unspecified atom stereocenters. The highest BCUT2D eigenvalue weighted by Gasteiger charge is 2.13. The minimum absolute atomic E-state index is 0.131. The Kier molecular flexibility index (Phi) is 3.42. The van der Waals surface area contributed by atoms with Gasteiger partial charge in [-0.15, -0.1) is 0 Å². The van der Waals surface area contributed by atoms with E-state index in [2.05, 4.69) is 15.1 Å². The van der Waals surface area contributed by atoms with Crippen LogP contribution in [0.1, 0.15) is 5.69 Å². The third kappa shape index (κ3) is 2.59. The molecule has 0 N–H and O–H groups in total. The van der Waals surface area contributed by atoms with Gasteiger partial charge in [0.15, 0.2) is 0 Å². The van der Waals surface area contributed by atoms with E-state index in [4.69, 9.17) is 4.52 Å². The Morgan fingerprint density at radius 1 is 1.08 bits per heavy atom. The zero-order valence-corrected chi connectivity index (χ0v) is 13.5. The van der Waals surface area contributed by atoms with E-state index in [0.29, 0.717) is 33.7 Å². The van der Waals surface area contributed by atoms with Crippen LogP contribution in [0.15, 0.2) is 51.8 Å². The third-order valence-corrected chi connectivity index (χ3v) is 3.99. The van der Waals surface area contributed by atoms with Gasteiger partial charge in [0.05, 0.1) is 11.0 Å². The maximum Gasteiger partial charge on any atom is 0.272 e. The lowest BCUT2D eigenvalue weighted by Crippen LogP contribution is -2.20. The van der Waals surface area contributed by atoms with Crippen LogP contribution in [0.25, 0.3) is 33.9 Å². The summed E-state index contributed by atoms with van der Waals surface area (Å²) in [6.07, 6.45) is 0. The van der Waals surface area contributed by atoms with Gasteiger partial charge in [0.1, 0.15) is 11.5 Å². The zero-order chi connectivity index (χ0) is 17.6. The molecule has 0 amide bonds. The van der Waals surface area contributed by atoms with E-state index in [1.54, 1.807) is 48.9 Å². The Labute approximate surface area is 141 Å². The number of hydrogen-bond donors (Lipinski definition) is 0. The van der Waals surface area contributed by atoms with Crippen LogP contribution in [-0.4, -0.2) is 19.7 Å². The van der Waals surface area contributed by atoms with Crippen LogP contribution in [0.4, 0.5) is 4.39 Å². The summed E-state index contributed by atoms with van der Waals surface area (Å²) < 4.78 is 20.1. The van der Waals surface area contributed by atoms with E-state index in [9.17, 15) is 9.18 Å². The quantitative estimate of drug-likeness (QED) is 0.562. The number of rotatable bonds is 2. The molecule has 0 atom stereocenters. The van der Waals surface area contributed by atoms with Crippen molar-refractivity contribution in [3.63, 3.8) is 0 Å². The highest BCUT2D eigenvalue weighted by atomic mass is 19.1. The Hall–Kier alpha value is -3.35. The van der Waals surface area contributed by atoms with Crippen molar-refractivity contribution in [3.05, 3.63) is 64.3 Å². The number of nitrogens with zero attached hydrogens (tertiary/aromatic N) is 4. The van der Waals surface area contributed by atoms with Gasteiger partial charge < -0.3 is 9.09 Å². The van der Waals surface area contributed by atoms with Crippen molar-refractivity contribution >= 4 is 11.0 Å². The molecule has 2 aromatic carbocycles. The molecule has 7 heteroatoms. The molecule has 0 spiro atoms. The fraction of sp³-hybridized carbons (Fsp3) is 0.111. The lowest BCUT2D eigenvalue weighted by molar-refractivity contribution is 0.432. The van der Waals surface area contributed by atoms with E-state index in [1.807, 2.05) is 0 Å². The SMILES string of the molecule is Cc1nc2cc(-c3noc(-c4cccc(F)c4)n3)ccc2n(C)c1=O. The molecule has 0 radical (unpaired) electrons. The van der Waals surface area contributed by atoms with Gasteiger partial charge in [0, 0.05) is 18.2 Å². The summed E-state index contributed by atoms with van der Waals surface area (Å²) in [7, 11) is 1.70. The lowest BCUT2D eigenvalue weighted by atomic mass is 10.1. The molecule has 0 aliphatic rings. The number of halogens is 1. The average molecular weight is 336 g/mol. The molecule has 0 fully saturated rings. The summed E-state index contributed by atoms with van der Waals surface area (Å²) in [5, 5.41) is 3.96. The van der Waals surface area contributed by atoms with Crippen LogP contribution in [0, 0.1) is 12.7 Å². The first-order valence-corrected chi connectivity index (χ1v) is 7.60. The number of benzene rings is 2. The van der Waals surface area contributed by atoms with Gasteiger partial charge in [-0.1, -0.05) is 11.2 Å². The second-order valence-corrected chi connectivity index (χ2v) is 5.70. The fourth-order valence-corrected chi connectivity index (χ4v) is 2.70. The highest BCUT2D eigenvalue weighted by Crippen LogP contribution is 2.24. The van der Waals surface area contributed by atoms with Crippen LogP contribution in [-0.2, 0) is 7.05 Å². The van der Waals surface area contributed by atoms with E-state index < -0.39 is 0 Å². The number of fused-ring (bicyclic) bond motifs is 1. The first-order chi connectivity index (χ1) is 12.0. The van der Waals surface area contributed by atoms with Gasteiger partial charge in [-0.2, -0.15) is 4.98 Å². The molecule has 0 aliphatic carbocycles. The van der Waals surface area contributed by atoms with Gasteiger partial charge >= 0.3 is 0 Å². The standard InChI is InChI=1S/C18H13FN4O2/c1-10-18(24)23(2)15-7-6-11(9-14(15)20-10)16-21-17(25-22-16)12-4-3-5-13(19)8-12/h3-9H,1-2H3. The Morgan fingerprint density at radius 3 is 2.72 bits per heavy atom. The first kappa shape index (κ1) is 15.2. The summed E-state index contributed by atoms with van der Waals surface area (Å²) in [6.45, 7) is 1.67. The zero-order valence-electron chi connectivity index (χ0n) is 13.5. The molecule has 4 aromatic rings. The monoisotopic (exact) mass is 336 g/mol. The predicted molar refractivity (Wildman–Crippen MR) is 90.4 cm³/mol. The maximum atomic E-state index is 13.3. The van der Waals surface area contributed by atoms with Crippen molar-refractivity contribution < 1.29 is 8.91 Å². The second-order valence-electron chi connectivity index (χ2n) is 5.70. The average Bonchev–Trinajstić information content (AvgIpc) is 3.09. The molecule has 0 saturated heterocycles. The van der Waals surface area contributed by atoms with Crippen LogP contribution in [0.2, 0.25) is 0 Å². The molecule has 0 aliphatic heterocycles. The Morgan fingerprint density at radius 2 is 1.92 bits per heavy atom. The third-order valence-electron chi connectivity index (χ3n) is 3.99. The molecule has 124 valence electrons. The molecule has 2 heterocycles. The van der Waals surface area contributed by atoms with Crippen LogP contribution >= 0.6 is 0 Å². The van der Waals surface area contributed by atoms with Gasteiger partial charge in [-0.3, -0.25) is 4.79 Å². The second kappa shape index (κ2) is 5.62. The van der Waals surface area contributed by atoms with E-state index in [-0.39, 0.29) is 17.3 Å². The topological polar surface area (TPSA) is 73.8 Å². The van der Waals surface area contributed by atoms with Crippen LogP contribution < -0.4 is 5.56 Å². The number of hydrogen-bond acceptors (Lipinski definition) is 5. The van der Waals surface area contributed by atoms with Gasteiger partial charge in [0.2, 0.25) is 5.82 Å². The van der Waals surface area contributed by atoms with Gasteiger partial charge in [-0.25, -0.2) is 9.37 Å². The van der Waals surface area contributed by atoms with Crippen molar-refractivity contribution in [2.45, 2.75) is 6.92 Å². The molecule has 6 nitrogen and oxygen atoms in total. The molecule has 2 aromatic heterocycles. The summed E-state index contributed by atoms with van der Waals surface area (Å²) in [5.74, 6) is 0.234. The molecule has 25 heavy (non-hydrogen) atoms. The smallest absolute Gasteiger partial charge is 0.272 e. The molecule has 0 bridgehead atoms. The lowest BCUT2D eigenvalue weighted by Gasteiger charge is -2.06. The molecular weight excluding hydrogens is 323 g/mol. The summed E-state index contributed by atoms with van der Waals surface area (Å²) >= 11 is 0. The predicted octanol–water partition coefficient (Wildman–Crippen LogP) is 3.10. The normalized spacial score (nSPS) is 11.2. The summed E-state index contributed by atoms with van der Waals surface area (Å²) in [5.41, 5.74) is 2.87. The number of aryl methyl sites for hydroxylation is 2. The molecular formula is C18H13FN4O2. The maximum absolute atomic E-state index is 13.3. The van der Waals surface area contributed by atoms with Crippen LogP contribution in [0.3, 0.4) is 0 Å². The van der Waals surface area contributed by atoms with Crippen molar-refractivity contribution in [3.8, 4) is 22.8 Å². The van der Waals surface area contributed by atoms with E-state index in [0.717, 1.165) is 0 Å². The van der Waals surface area contributed by atoms with Crippen molar-refractivity contribution in [1.29, 1.82) is 0 Å². The fourth-order valence-electron chi connectivity index (χ4n) is 2.70. The van der Waals surface area contributed by atoms with E-state index in [1.165, 1.54) is 12.1 Å². The van der Waals surface area contributed by atoms with Crippen molar-refractivity contribution in [1.82, 2.24) is 19.7 Å². The number of aromatic nitrogens is 4.